The molecule has 4 aromatic rings. The van der Waals surface area contributed by atoms with E-state index in [-0.39, 0.29) is 11.9 Å². The smallest absolute Gasteiger partial charge is 0.261 e. The summed E-state index contributed by atoms with van der Waals surface area (Å²) in [5.41, 5.74) is 5.06. The number of thiophene rings is 1. The number of aromatic nitrogens is 3. The zero-order valence-corrected chi connectivity index (χ0v) is 19.8. The molecule has 174 valence electrons. The standard InChI is InChI=1S/C25H26N6O2S/c1-16-3-2-4-17(11-16)19-5-6-31(29-19)23-13-21(30-7-9-33-10-8-30)24-20(28-23)12-22(34-24)25(32)27-18-14-26-15-18/h2-6,11-13,18,26H,7-10,14-15H2,1H3,(H,27,32). The Labute approximate surface area is 201 Å². The molecule has 34 heavy (non-hydrogen) atoms. The number of anilines is 1. The molecule has 0 spiro atoms. The third kappa shape index (κ3) is 4.06. The second-order valence-electron chi connectivity index (χ2n) is 8.77. The molecular weight excluding hydrogens is 448 g/mol. The first-order valence-electron chi connectivity index (χ1n) is 11.6. The van der Waals surface area contributed by atoms with Crippen molar-refractivity contribution in [3.8, 4) is 17.1 Å². The molecule has 2 fully saturated rings. The van der Waals surface area contributed by atoms with E-state index < -0.39 is 0 Å². The van der Waals surface area contributed by atoms with Crippen molar-refractivity contribution in [3.63, 3.8) is 0 Å². The first kappa shape index (κ1) is 21.3. The summed E-state index contributed by atoms with van der Waals surface area (Å²) in [6.07, 6.45) is 1.94. The molecule has 3 aromatic heterocycles. The van der Waals surface area contributed by atoms with Gasteiger partial charge in [-0.3, -0.25) is 4.79 Å². The Morgan fingerprint density at radius 3 is 2.79 bits per heavy atom. The molecule has 2 saturated heterocycles. The fourth-order valence-corrected chi connectivity index (χ4v) is 5.36. The van der Waals surface area contributed by atoms with E-state index in [1.54, 1.807) is 0 Å². The van der Waals surface area contributed by atoms with Crippen molar-refractivity contribution in [2.24, 2.45) is 0 Å². The normalized spacial score (nSPS) is 16.6. The molecule has 1 aromatic carbocycles. The van der Waals surface area contributed by atoms with E-state index in [1.165, 1.54) is 16.9 Å². The van der Waals surface area contributed by atoms with E-state index in [0.717, 1.165) is 59.2 Å². The van der Waals surface area contributed by atoms with Crippen LogP contribution in [0.3, 0.4) is 0 Å². The second-order valence-corrected chi connectivity index (χ2v) is 9.82. The van der Waals surface area contributed by atoms with Crippen LogP contribution in [0.1, 0.15) is 15.2 Å². The molecule has 2 aliphatic rings. The van der Waals surface area contributed by atoms with Gasteiger partial charge >= 0.3 is 0 Å². The van der Waals surface area contributed by atoms with Crippen molar-refractivity contribution < 1.29 is 9.53 Å². The number of benzene rings is 1. The SMILES string of the molecule is Cc1cccc(-c2ccn(-c3cc(N4CCOCC4)c4sc(C(=O)NC5CNC5)cc4n3)n2)c1. The number of rotatable bonds is 5. The lowest BCUT2D eigenvalue weighted by Gasteiger charge is -2.29. The van der Waals surface area contributed by atoms with Gasteiger partial charge in [0.15, 0.2) is 5.82 Å². The summed E-state index contributed by atoms with van der Waals surface area (Å²) in [5, 5.41) is 11.1. The second kappa shape index (κ2) is 8.83. The van der Waals surface area contributed by atoms with Crippen LogP contribution in [0.4, 0.5) is 5.69 Å². The maximum Gasteiger partial charge on any atom is 0.261 e. The number of hydrogen-bond acceptors (Lipinski definition) is 7. The Balaban J connectivity index is 1.40. The van der Waals surface area contributed by atoms with Gasteiger partial charge in [-0.2, -0.15) is 5.10 Å². The summed E-state index contributed by atoms with van der Waals surface area (Å²) >= 11 is 1.50. The van der Waals surface area contributed by atoms with Crippen LogP contribution in [0.2, 0.25) is 0 Å². The fourth-order valence-electron chi connectivity index (χ4n) is 4.32. The molecular formula is C25H26N6O2S. The van der Waals surface area contributed by atoms with E-state index in [0.29, 0.717) is 18.1 Å². The molecule has 5 heterocycles. The van der Waals surface area contributed by atoms with Crippen LogP contribution in [0.5, 0.6) is 0 Å². The fraction of sp³-hybridized carbons (Fsp3) is 0.320. The summed E-state index contributed by atoms with van der Waals surface area (Å²) in [6.45, 7) is 6.70. The minimum absolute atomic E-state index is 0.0372. The van der Waals surface area contributed by atoms with Crippen molar-refractivity contribution >= 4 is 33.1 Å². The molecule has 0 saturated carbocycles. The molecule has 9 heteroatoms. The molecule has 2 aliphatic heterocycles. The number of amides is 1. The molecule has 0 atom stereocenters. The highest BCUT2D eigenvalue weighted by Crippen LogP contribution is 2.35. The largest absolute Gasteiger partial charge is 0.378 e. The third-order valence-corrected chi connectivity index (χ3v) is 7.42. The van der Waals surface area contributed by atoms with Crippen LogP contribution in [0.25, 0.3) is 27.3 Å². The average Bonchev–Trinajstić information content (AvgIpc) is 3.49. The van der Waals surface area contributed by atoms with Crippen LogP contribution in [0.15, 0.2) is 48.7 Å². The van der Waals surface area contributed by atoms with Gasteiger partial charge in [0.25, 0.3) is 5.91 Å². The van der Waals surface area contributed by atoms with Gasteiger partial charge in [0, 0.05) is 44.0 Å². The molecule has 2 N–H and O–H groups in total. The highest BCUT2D eigenvalue weighted by atomic mass is 32.1. The zero-order valence-electron chi connectivity index (χ0n) is 19.0. The Bertz CT molecular complexity index is 1350. The highest BCUT2D eigenvalue weighted by molar-refractivity contribution is 7.21. The van der Waals surface area contributed by atoms with Gasteiger partial charge in [-0.05, 0) is 25.1 Å². The van der Waals surface area contributed by atoms with Gasteiger partial charge in [-0.25, -0.2) is 9.67 Å². The predicted molar refractivity (Wildman–Crippen MR) is 134 cm³/mol. The number of fused-ring (bicyclic) bond motifs is 1. The van der Waals surface area contributed by atoms with E-state index in [4.69, 9.17) is 14.8 Å². The van der Waals surface area contributed by atoms with Crippen LogP contribution >= 0.6 is 11.3 Å². The molecule has 8 nitrogen and oxygen atoms in total. The summed E-state index contributed by atoms with van der Waals surface area (Å²) in [4.78, 5) is 20.7. The van der Waals surface area contributed by atoms with E-state index >= 15 is 0 Å². The number of carbonyl (C=O) groups is 1. The number of nitrogens with one attached hydrogen (secondary N) is 2. The zero-order chi connectivity index (χ0) is 23.1. The van der Waals surface area contributed by atoms with Gasteiger partial charge in [-0.15, -0.1) is 11.3 Å². The lowest BCUT2D eigenvalue weighted by atomic mass is 10.1. The summed E-state index contributed by atoms with van der Waals surface area (Å²) < 4.78 is 8.41. The lowest BCUT2D eigenvalue weighted by molar-refractivity contribution is 0.0928. The van der Waals surface area contributed by atoms with E-state index in [2.05, 4.69) is 46.7 Å². The van der Waals surface area contributed by atoms with Crippen LogP contribution < -0.4 is 15.5 Å². The number of pyridine rings is 1. The van der Waals surface area contributed by atoms with E-state index in [9.17, 15) is 4.79 Å². The first-order chi connectivity index (χ1) is 16.6. The Morgan fingerprint density at radius 2 is 2.03 bits per heavy atom. The minimum atomic E-state index is -0.0372. The number of hydrogen-bond donors (Lipinski definition) is 2. The molecule has 0 bridgehead atoms. The maximum atomic E-state index is 12.8. The van der Waals surface area contributed by atoms with E-state index in [1.807, 2.05) is 29.1 Å². The highest BCUT2D eigenvalue weighted by Gasteiger charge is 2.23. The summed E-state index contributed by atoms with van der Waals surface area (Å²) in [7, 11) is 0. The topological polar surface area (TPSA) is 84.3 Å². The number of morpholine rings is 1. The van der Waals surface area contributed by atoms with Crippen molar-refractivity contribution in [3.05, 3.63) is 59.1 Å². The Hall–Kier alpha value is -3.27. The van der Waals surface area contributed by atoms with Crippen molar-refractivity contribution in [1.82, 2.24) is 25.4 Å². The van der Waals surface area contributed by atoms with Crippen LogP contribution in [0, 0.1) is 6.92 Å². The Kier molecular flexibility index (Phi) is 5.52. The van der Waals surface area contributed by atoms with Gasteiger partial charge in [0.2, 0.25) is 0 Å². The first-order valence-corrected chi connectivity index (χ1v) is 12.4. The van der Waals surface area contributed by atoms with Crippen molar-refractivity contribution in [1.29, 1.82) is 0 Å². The van der Waals surface area contributed by atoms with Gasteiger partial charge in [0.05, 0.1) is 45.7 Å². The van der Waals surface area contributed by atoms with Crippen LogP contribution in [-0.4, -0.2) is 66.1 Å². The molecule has 1 amide bonds. The quantitative estimate of drug-likeness (QED) is 0.463. The maximum absolute atomic E-state index is 12.8. The molecule has 0 aliphatic carbocycles. The number of nitrogens with zero attached hydrogens (tertiary/aromatic N) is 4. The number of aryl methyl sites for hydroxylation is 1. The van der Waals surface area contributed by atoms with Gasteiger partial charge in [-0.1, -0.05) is 23.8 Å². The summed E-state index contributed by atoms with van der Waals surface area (Å²) in [6, 6.07) is 14.5. The minimum Gasteiger partial charge on any atom is -0.378 e. The number of ether oxygens (including phenoxy) is 1. The average molecular weight is 475 g/mol. The van der Waals surface area contributed by atoms with Crippen molar-refractivity contribution in [2.45, 2.75) is 13.0 Å². The summed E-state index contributed by atoms with van der Waals surface area (Å²) in [5.74, 6) is 0.700. The van der Waals surface area contributed by atoms with Crippen molar-refractivity contribution in [2.75, 3.05) is 44.3 Å². The Morgan fingerprint density at radius 1 is 1.18 bits per heavy atom. The van der Waals surface area contributed by atoms with Crippen LogP contribution in [-0.2, 0) is 4.74 Å². The monoisotopic (exact) mass is 474 g/mol. The van der Waals surface area contributed by atoms with Gasteiger partial charge in [0.1, 0.15) is 0 Å². The molecule has 0 radical (unpaired) electrons. The predicted octanol–water partition coefficient (Wildman–Crippen LogP) is 3.00. The third-order valence-electron chi connectivity index (χ3n) is 6.28. The number of carbonyl (C=O) groups excluding carboxylic acids is 1. The lowest BCUT2D eigenvalue weighted by Crippen LogP contribution is -2.56. The molecule has 0 unspecified atom stereocenters. The molecule has 6 rings (SSSR count). The van der Waals surface area contributed by atoms with Gasteiger partial charge < -0.3 is 20.3 Å².